The van der Waals surface area contributed by atoms with E-state index >= 15 is 0 Å². The molecule has 0 amide bonds. The summed E-state index contributed by atoms with van der Waals surface area (Å²) in [6.45, 7) is 2.76. The molecule has 0 saturated heterocycles. The summed E-state index contributed by atoms with van der Waals surface area (Å²) in [6.07, 6.45) is -15.8. The molecule has 2 aliphatic rings. The monoisotopic (exact) mass is 612 g/mol. The number of aliphatic hydroxyl groups is 1. The molecular formula is C21H26F10O7S. The van der Waals surface area contributed by atoms with Gasteiger partial charge in [0.15, 0.2) is 0 Å². The SMILES string of the molecule is C=C(COCCC(F)(F)C(F)(F)S(=O)(=O)O)C(=O)OC(C)C1CC2CC1CC2CC(O)(C(F)(F)F)C(F)(F)F. The van der Waals surface area contributed by atoms with Crippen LogP contribution in [-0.4, -0.2) is 72.5 Å². The molecule has 2 bridgehead atoms. The molecule has 2 N–H and O–H groups in total. The summed E-state index contributed by atoms with van der Waals surface area (Å²) in [5.41, 5.74) is -5.31. The molecule has 18 heteroatoms. The number of carbonyl (C=O) groups excluding carboxylic acids is 1. The zero-order valence-corrected chi connectivity index (χ0v) is 21.0. The topological polar surface area (TPSA) is 110 Å². The Hall–Kier alpha value is -1.66. The summed E-state index contributed by atoms with van der Waals surface area (Å²) in [5, 5.41) is 3.69. The minimum absolute atomic E-state index is 0.0713. The second-order valence-electron chi connectivity index (χ2n) is 9.92. The van der Waals surface area contributed by atoms with Crippen molar-refractivity contribution in [2.45, 2.75) is 74.3 Å². The van der Waals surface area contributed by atoms with Crippen molar-refractivity contribution in [1.82, 2.24) is 0 Å². The third-order valence-electron chi connectivity index (χ3n) is 7.32. The molecular weight excluding hydrogens is 586 g/mol. The maximum absolute atomic E-state index is 13.4. The molecule has 0 aliphatic heterocycles. The third kappa shape index (κ3) is 6.81. The van der Waals surface area contributed by atoms with Gasteiger partial charge in [-0.05, 0) is 56.3 Å². The van der Waals surface area contributed by atoms with E-state index in [0.717, 1.165) is 0 Å². The fourth-order valence-electron chi connectivity index (χ4n) is 5.16. The Morgan fingerprint density at radius 2 is 1.51 bits per heavy atom. The number of halogens is 10. The molecule has 5 atom stereocenters. The lowest BCUT2D eigenvalue weighted by molar-refractivity contribution is -0.373. The van der Waals surface area contributed by atoms with E-state index in [9.17, 15) is 62.2 Å². The van der Waals surface area contributed by atoms with Crippen molar-refractivity contribution in [2.75, 3.05) is 13.2 Å². The van der Waals surface area contributed by atoms with Crippen LogP contribution in [0.4, 0.5) is 43.9 Å². The van der Waals surface area contributed by atoms with Crippen molar-refractivity contribution in [3.8, 4) is 0 Å². The second kappa shape index (κ2) is 11.0. The highest BCUT2D eigenvalue weighted by molar-refractivity contribution is 7.87. The maximum Gasteiger partial charge on any atom is 0.431 e. The number of rotatable bonds is 12. The van der Waals surface area contributed by atoms with Crippen LogP contribution in [0, 0.1) is 23.7 Å². The van der Waals surface area contributed by atoms with Gasteiger partial charge in [0.2, 0.25) is 0 Å². The molecule has 0 spiro atoms. The van der Waals surface area contributed by atoms with Gasteiger partial charge in [0.1, 0.15) is 6.10 Å². The minimum Gasteiger partial charge on any atom is -0.459 e. The van der Waals surface area contributed by atoms with Crippen LogP contribution in [0.1, 0.15) is 39.0 Å². The molecule has 2 aliphatic carbocycles. The van der Waals surface area contributed by atoms with Gasteiger partial charge in [-0.1, -0.05) is 6.58 Å². The van der Waals surface area contributed by atoms with Crippen LogP contribution in [0.15, 0.2) is 12.2 Å². The Kier molecular flexibility index (Phi) is 9.43. The van der Waals surface area contributed by atoms with Gasteiger partial charge in [-0.25, -0.2) is 4.79 Å². The Balaban J connectivity index is 1.85. The molecule has 0 heterocycles. The van der Waals surface area contributed by atoms with E-state index < -0.39 is 107 Å². The van der Waals surface area contributed by atoms with Crippen LogP contribution in [0.5, 0.6) is 0 Å². The van der Waals surface area contributed by atoms with Crippen LogP contribution in [0.3, 0.4) is 0 Å². The molecule has 0 aromatic carbocycles. The minimum atomic E-state index is -6.42. The predicted molar refractivity (Wildman–Crippen MR) is 111 cm³/mol. The standard InChI is InChI=1S/C21H26F10O7S/c1-10(9-37-4-3-18(22,23)21(30,31)39(34,35)36)16(32)38-11(2)15-7-12-5-13(15)6-14(12)8-17(33,19(24,25)26)20(27,28)29/h11-15,33H,1,3-9H2,2H3,(H,34,35,36). The van der Waals surface area contributed by atoms with Gasteiger partial charge in [-0.15, -0.1) is 0 Å². The molecule has 0 radical (unpaired) electrons. The summed E-state index contributed by atoms with van der Waals surface area (Å²) in [7, 11) is -6.42. The first-order valence-electron chi connectivity index (χ1n) is 11.4. The third-order valence-corrected chi connectivity index (χ3v) is 8.27. The number of fused-ring (bicyclic) bond motifs is 2. The fourth-order valence-corrected chi connectivity index (χ4v) is 5.64. The van der Waals surface area contributed by atoms with Gasteiger partial charge in [0.25, 0.3) is 5.60 Å². The largest absolute Gasteiger partial charge is 0.459 e. The van der Waals surface area contributed by atoms with E-state index in [-0.39, 0.29) is 19.3 Å². The first kappa shape index (κ1) is 33.5. The van der Waals surface area contributed by atoms with Crippen LogP contribution in [-0.2, 0) is 24.4 Å². The quantitative estimate of drug-likeness (QED) is 0.106. The molecule has 2 saturated carbocycles. The van der Waals surface area contributed by atoms with Crippen molar-refractivity contribution in [2.24, 2.45) is 23.7 Å². The number of hydrogen-bond acceptors (Lipinski definition) is 6. The van der Waals surface area contributed by atoms with E-state index in [0.29, 0.717) is 0 Å². The van der Waals surface area contributed by atoms with Crippen LogP contribution >= 0.6 is 0 Å². The van der Waals surface area contributed by atoms with Crippen LogP contribution in [0.25, 0.3) is 0 Å². The first-order valence-corrected chi connectivity index (χ1v) is 12.8. The Labute approximate surface area is 216 Å². The maximum atomic E-state index is 13.4. The number of ether oxygens (including phenoxy) is 2. The van der Waals surface area contributed by atoms with Gasteiger partial charge in [0.05, 0.1) is 18.8 Å². The van der Waals surface area contributed by atoms with Crippen molar-refractivity contribution >= 4 is 16.1 Å². The van der Waals surface area contributed by atoms with E-state index in [2.05, 4.69) is 11.3 Å². The summed E-state index contributed by atoms with van der Waals surface area (Å²) in [6, 6.07) is 0. The zero-order chi connectivity index (χ0) is 30.4. The predicted octanol–water partition coefficient (Wildman–Crippen LogP) is 4.91. The Bertz CT molecular complexity index is 1010. The van der Waals surface area contributed by atoms with Crippen molar-refractivity contribution in [1.29, 1.82) is 0 Å². The average Bonchev–Trinajstić information content (AvgIpc) is 3.34. The van der Waals surface area contributed by atoms with E-state index in [4.69, 9.17) is 9.29 Å². The van der Waals surface area contributed by atoms with Gasteiger partial charge in [0, 0.05) is 6.42 Å². The second-order valence-corrected chi connectivity index (χ2v) is 11.4. The molecule has 0 aromatic rings. The molecule has 7 nitrogen and oxygen atoms in total. The van der Waals surface area contributed by atoms with Crippen molar-refractivity contribution in [3.63, 3.8) is 0 Å². The molecule has 39 heavy (non-hydrogen) atoms. The molecule has 2 fully saturated rings. The van der Waals surface area contributed by atoms with E-state index in [1.807, 2.05) is 0 Å². The van der Waals surface area contributed by atoms with Gasteiger partial charge in [-0.3, -0.25) is 4.55 Å². The molecule has 2 rings (SSSR count). The lowest BCUT2D eigenvalue weighted by Gasteiger charge is -2.38. The highest BCUT2D eigenvalue weighted by atomic mass is 32.2. The van der Waals surface area contributed by atoms with Gasteiger partial charge < -0.3 is 14.6 Å². The highest BCUT2D eigenvalue weighted by Crippen LogP contribution is 2.58. The fraction of sp³-hybridized carbons (Fsp3) is 0.857. The van der Waals surface area contributed by atoms with Crippen LogP contribution in [0.2, 0.25) is 0 Å². The Morgan fingerprint density at radius 3 is 1.95 bits per heavy atom. The summed E-state index contributed by atoms with van der Waals surface area (Å²) in [5.74, 6) is -8.80. The van der Waals surface area contributed by atoms with E-state index in [1.54, 1.807) is 0 Å². The van der Waals surface area contributed by atoms with Crippen molar-refractivity contribution in [3.05, 3.63) is 12.2 Å². The van der Waals surface area contributed by atoms with Gasteiger partial charge >= 0.3 is 39.6 Å². The molecule has 5 unspecified atom stereocenters. The number of alkyl halides is 10. The summed E-state index contributed by atoms with van der Waals surface area (Å²) in [4.78, 5) is 12.2. The van der Waals surface area contributed by atoms with Crippen molar-refractivity contribution < 1.29 is 76.2 Å². The summed E-state index contributed by atoms with van der Waals surface area (Å²) >= 11 is 0. The average molecular weight is 612 g/mol. The van der Waals surface area contributed by atoms with Gasteiger partial charge in [-0.2, -0.15) is 52.3 Å². The summed E-state index contributed by atoms with van der Waals surface area (Å²) < 4.78 is 170. The number of esters is 1. The molecule has 0 aromatic heterocycles. The first-order chi connectivity index (χ1) is 17.4. The van der Waals surface area contributed by atoms with E-state index in [1.165, 1.54) is 6.92 Å². The van der Waals surface area contributed by atoms with Crippen LogP contribution < -0.4 is 0 Å². The molecule has 228 valence electrons. The lowest BCUT2D eigenvalue weighted by atomic mass is 9.75. The highest BCUT2D eigenvalue weighted by Gasteiger charge is 2.71. The lowest BCUT2D eigenvalue weighted by Crippen LogP contribution is -2.58. The number of hydrogen-bond donors (Lipinski definition) is 2. The number of carbonyl (C=O) groups is 1. The Morgan fingerprint density at radius 1 is 0.974 bits per heavy atom. The normalized spacial score (nSPS) is 25.6. The smallest absolute Gasteiger partial charge is 0.431 e. The zero-order valence-electron chi connectivity index (χ0n) is 20.2.